The first-order valence-corrected chi connectivity index (χ1v) is 16.2. The third-order valence-electron chi connectivity index (χ3n) is 8.66. The molecule has 1 saturated carbocycles. The van der Waals surface area contributed by atoms with Gasteiger partial charge in [0.15, 0.2) is 0 Å². The predicted molar refractivity (Wildman–Crippen MR) is 174 cm³/mol. The molecule has 240 valence electrons. The van der Waals surface area contributed by atoms with E-state index in [0.717, 1.165) is 53.7 Å². The highest BCUT2D eigenvalue weighted by atomic mass is 32.1. The minimum atomic E-state index is -2.64. The molecule has 1 fully saturated rings. The van der Waals surface area contributed by atoms with Crippen molar-refractivity contribution in [3.8, 4) is 0 Å². The topological polar surface area (TPSA) is 102 Å². The number of hydrogen-bond acceptors (Lipinski definition) is 6. The molecule has 8 nitrogen and oxygen atoms in total. The van der Waals surface area contributed by atoms with E-state index >= 15 is 0 Å². The summed E-state index contributed by atoms with van der Waals surface area (Å²) in [5.41, 5.74) is 9.26. The molecule has 2 aromatic heterocycles. The van der Waals surface area contributed by atoms with E-state index in [4.69, 9.17) is 15.5 Å². The van der Waals surface area contributed by atoms with Gasteiger partial charge in [-0.2, -0.15) is 0 Å². The zero-order valence-corrected chi connectivity index (χ0v) is 26.9. The standard InChI is InChI=1S/C34H41F2N5O3S/c1-21(34(2,3)4)40(33(43)44-20-22-8-6-5-7-9-22)19-23-10-15-27-26(18-23)38-32(41(27)25-13-11-24(37)12-14-25)39-31(42)29-17-16-28(45-29)30(35)36/h5-10,15-18,21,24-25,30H,11-14,19-20,37H2,1-4H3,(H,38,39,42)/t21-,24?,25?/m0/s1. The van der Waals surface area contributed by atoms with Gasteiger partial charge in [-0.3, -0.25) is 10.1 Å². The number of nitrogens with one attached hydrogen (secondary N) is 1. The van der Waals surface area contributed by atoms with Gasteiger partial charge in [0.2, 0.25) is 5.95 Å². The Labute approximate surface area is 266 Å². The number of rotatable bonds is 9. The number of hydrogen-bond donors (Lipinski definition) is 2. The maximum atomic E-state index is 13.4. The molecule has 0 bridgehead atoms. The molecule has 2 amide bonds. The summed E-state index contributed by atoms with van der Waals surface area (Å²) < 4.78 is 34.1. The summed E-state index contributed by atoms with van der Waals surface area (Å²) >= 11 is 0.771. The third kappa shape index (κ3) is 7.70. The molecule has 0 unspecified atom stereocenters. The second-order valence-electron chi connectivity index (χ2n) is 12.9. The maximum Gasteiger partial charge on any atom is 0.410 e. The minimum Gasteiger partial charge on any atom is -0.445 e. The van der Waals surface area contributed by atoms with E-state index in [1.165, 1.54) is 12.1 Å². The zero-order chi connectivity index (χ0) is 32.3. The lowest BCUT2D eigenvalue weighted by atomic mass is 9.87. The second kappa shape index (κ2) is 13.7. The van der Waals surface area contributed by atoms with Crippen molar-refractivity contribution in [2.45, 2.75) is 91.1 Å². The van der Waals surface area contributed by atoms with Crippen LogP contribution in [0.5, 0.6) is 0 Å². The number of benzene rings is 2. The Bertz CT molecular complexity index is 1620. The van der Waals surface area contributed by atoms with Crippen molar-refractivity contribution in [2.24, 2.45) is 11.1 Å². The molecule has 4 aromatic rings. The molecule has 0 saturated heterocycles. The van der Waals surface area contributed by atoms with Crippen LogP contribution in [-0.4, -0.2) is 38.5 Å². The Hall–Kier alpha value is -3.83. The molecule has 3 N–H and O–H groups in total. The van der Waals surface area contributed by atoms with Crippen LogP contribution in [0.4, 0.5) is 19.5 Å². The number of thiophene rings is 1. The second-order valence-corrected chi connectivity index (χ2v) is 14.0. The molecule has 0 spiro atoms. The number of fused-ring (bicyclic) bond motifs is 1. The average molecular weight is 638 g/mol. The van der Waals surface area contributed by atoms with Crippen molar-refractivity contribution < 1.29 is 23.1 Å². The lowest BCUT2D eigenvalue weighted by molar-refractivity contribution is 0.0540. The Morgan fingerprint density at radius 1 is 1.07 bits per heavy atom. The summed E-state index contributed by atoms with van der Waals surface area (Å²) in [5.74, 6) is -0.121. The van der Waals surface area contributed by atoms with Gasteiger partial charge in [-0.15, -0.1) is 11.3 Å². The number of ether oxygens (including phenoxy) is 1. The molecule has 11 heteroatoms. The lowest BCUT2D eigenvalue weighted by Gasteiger charge is -2.37. The smallest absolute Gasteiger partial charge is 0.410 e. The van der Waals surface area contributed by atoms with E-state index in [1.54, 1.807) is 4.90 Å². The predicted octanol–water partition coefficient (Wildman–Crippen LogP) is 8.30. The number of nitrogens with zero attached hydrogens (tertiary/aromatic N) is 3. The fourth-order valence-corrected chi connectivity index (χ4v) is 6.40. The van der Waals surface area contributed by atoms with Crippen LogP contribution in [0.1, 0.15) is 91.5 Å². The monoisotopic (exact) mass is 637 g/mol. The van der Waals surface area contributed by atoms with Gasteiger partial charge in [0.05, 0.1) is 20.8 Å². The molecule has 0 radical (unpaired) electrons. The number of anilines is 1. The number of amides is 2. The number of nitrogens with two attached hydrogens (primary N) is 1. The first kappa shape index (κ1) is 32.6. The number of carbonyl (C=O) groups excluding carboxylic acids is 2. The average Bonchev–Trinajstić information content (AvgIpc) is 3.64. The van der Waals surface area contributed by atoms with Crippen LogP contribution in [-0.2, 0) is 17.9 Å². The summed E-state index contributed by atoms with van der Waals surface area (Å²) in [6.07, 6.45) is 0.317. The fraction of sp³-hybridized carbons (Fsp3) is 0.441. The number of imidazole rings is 1. The Kier molecular flexibility index (Phi) is 9.88. The van der Waals surface area contributed by atoms with Crippen molar-refractivity contribution in [1.29, 1.82) is 0 Å². The molecule has 0 aliphatic heterocycles. The van der Waals surface area contributed by atoms with Crippen LogP contribution < -0.4 is 11.1 Å². The van der Waals surface area contributed by atoms with Crippen molar-refractivity contribution in [1.82, 2.24) is 14.5 Å². The van der Waals surface area contributed by atoms with Gasteiger partial charge in [-0.1, -0.05) is 57.2 Å². The first-order valence-electron chi connectivity index (χ1n) is 15.3. The van der Waals surface area contributed by atoms with Gasteiger partial charge in [-0.05, 0) is 73.4 Å². The highest BCUT2D eigenvalue weighted by molar-refractivity contribution is 7.14. The Balaban J connectivity index is 1.44. The summed E-state index contributed by atoms with van der Waals surface area (Å²) in [4.78, 5) is 33.2. The van der Waals surface area contributed by atoms with Crippen LogP contribution >= 0.6 is 11.3 Å². The van der Waals surface area contributed by atoms with Crippen LogP contribution in [0.2, 0.25) is 0 Å². The molecule has 1 aliphatic carbocycles. The molecule has 5 rings (SSSR count). The number of carbonyl (C=O) groups is 2. The van der Waals surface area contributed by atoms with Gasteiger partial charge in [0.1, 0.15) is 6.61 Å². The normalized spacial score (nSPS) is 17.8. The first-order chi connectivity index (χ1) is 21.4. The molecule has 1 aliphatic rings. The van der Waals surface area contributed by atoms with E-state index in [-0.39, 0.29) is 39.9 Å². The zero-order valence-electron chi connectivity index (χ0n) is 26.1. The summed E-state index contributed by atoms with van der Waals surface area (Å²) in [6, 6.07) is 18.2. The van der Waals surface area contributed by atoms with Crippen LogP contribution in [0.25, 0.3) is 11.0 Å². The highest BCUT2D eigenvalue weighted by Crippen LogP contribution is 2.36. The summed E-state index contributed by atoms with van der Waals surface area (Å²) in [7, 11) is 0. The Morgan fingerprint density at radius 2 is 1.78 bits per heavy atom. The Morgan fingerprint density at radius 3 is 2.42 bits per heavy atom. The largest absolute Gasteiger partial charge is 0.445 e. The van der Waals surface area contributed by atoms with Gasteiger partial charge >= 0.3 is 6.09 Å². The van der Waals surface area contributed by atoms with Gasteiger partial charge in [0, 0.05) is 24.7 Å². The van der Waals surface area contributed by atoms with Crippen LogP contribution in [0, 0.1) is 5.41 Å². The number of aromatic nitrogens is 2. The van der Waals surface area contributed by atoms with E-state index in [9.17, 15) is 18.4 Å². The van der Waals surface area contributed by atoms with Crippen molar-refractivity contribution in [3.05, 3.63) is 81.5 Å². The van der Waals surface area contributed by atoms with Gasteiger partial charge in [-0.25, -0.2) is 18.6 Å². The number of halogens is 2. The van der Waals surface area contributed by atoms with Crippen LogP contribution in [0.15, 0.2) is 60.7 Å². The van der Waals surface area contributed by atoms with E-state index in [2.05, 4.69) is 26.1 Å². The van der Waals surface area contributed by atoms with Crippen molar-refractivity contribution >= 4 is 40.3 Å². The van der Waals surface area contributed by atoms with Crippen molar-refractivity contribution in [2.75, 3.05) is 5.32 Å². The van der Waals surface area contributed by atoms with Gasteiger partial charge < -0.3 is 19.9 Å². The highest BCUT2D eigenvalue weighted by Gasteiger charge is 2.32. The van der Waals surface area contributed by atoms with E-state index in [0.29, 0.717) is 18.0 Å². The molecule has 2 aromatic carbocycles. The maximum absolute atomic E-state index is 13.4. The quantitative estimate of drug-likeness (QED) is 0.192. The molecule has 45 heavy (non-hydrogen) atoms. The SMILES string of the molecule is C[C@H](N(Cc1ccc2c(c1)nc(NC(=O)c1ccc(C(F)F)s1)n2C1CCC(N)CC1)C(=O)OCc1ccccc1)C(C)(C)C. The lowest BCUT2D eigenvalue weighted by Crippen LogP contribution is -2.45. The third-order valence-corrected chi connectivity index (χ3v) is 9.76. The molecule has 1 atom stereocenters. The summed E-state index contributed by atoms with van der Waals surface area (Å²) in [5, 5.41) is 2.89. The van der Waals surface area contributed by atoms with Gasteiger partial charge in [0.25, 0.3) is 12.3 Å². The molecular weight excluding hydrogens is 596 g/mol. The van der Waals surface area contributed by atoms with E-state index < -0.39 is 18.4 Å². The van der Waals surface area contributed by atoms with Crippen molar-refractivity contribution in [3.63, 3.8) is 0 Å². The molecule has 2 heterocycles. The van der Waals surface area contributed by atoms with E-state index in [1.807, 2.05) is 60.0 Å². The van der Waals surface area contributed by atoms with Crippen LogP contribution in [0.3, 0.4) is 0 Å². The number of alkyl halides is 2. The summed E-state index contributed by atoms with van der Waals surface area (Å²) in [6.45, 7) is 8.76. The fourth-order valence-electron chi connectivity index (χ4n) is 5.64. The molecular formula is C34H41F2N5O3S. The minimum absolute atomic E-state index is 0.0706.